The lowest BCUT2D eigenvalue weighted by molar-refractivity contribution is -0.137. The van der Waals surface area contributed by atoms with Crippen LogP contribution in [0.3, 0.4) is 0 Å². The van der Waals surface area contributed by atoms with Crippen LogP contribution in [0.4, 0.5) is 4.39 Å². The van der Waals surface area contributed by atoms with Crippen molar-refractivity contribution < 1.29 is 18.7 Å². The molecule has 31 heavy (non-hydrogen) atoms. The molecule has 0 aliphatic carbocycles. The van der Waals surface area contributed by atoms with Gasteiger partial charge in [-0.3, -0.25) is 14.6 Å². The predicted octanol–water partition coefficient (Wildman–Crippen LogP) is 3.33. The lowest BCUT2D eigenvalue weighted by atomic mass is 9.83. The van der Waals surface area contributed by atoms with Gasteiger partial charge in [0.1, 0.15) is 5.82 Å². The molecule has 1 atom stereocenters. The maximum Gasteiger partial charge on any atom is 0.255 e. The molecule has 2 amide bonds. The van der Waals surface area contributed by atoms with Crippen LogP contribution >= 0.6 is 0 Å². The zero-order valence-electron chi connectivity index (χ0n) is 18.0. The van der Waals surface area contributed by atoms with Crippen molar-refractivity contribution in [3.05, 3.63) is 65.2 Å². The summed E-state index contributed by atoms with van der Waals surface area (Å²) < 4.78 is 18.6. The van der Waals surface area contributed by atoms with Crippen molar-refractivity contribution in [2.45, 2.75) is 38.1 Å². The second kappa shape index (κ2) is 8.75. The van der Waals surface area contributed by atoms with E-state index in [9.17, 15) is 14.0 Å². The molecule has 2 aliphatic heterocycles. The molecule has 2 aliphatic rings. The van der Waals surface area contributed by atoms with Crippen LogP contribution in [0.2, 0.25) is 0 Å². The number of likely N-dealkylation sites (tertiary alicyclic amines) is 1. The second-order valence-electron chi connectivity index (χ2n) is 8.66. The van der Waals surface area contributed by atoms with E-state index in [4.69, 9.17) is 4.74 Å². The van der Waals surface area contributed by atoms with E-state index in [2.05, 4.69) is 4.98 Å². The first-order chi connectivity index (χ1) is 14.9. The Labute approximate surface area is 182 Å². The van der Waals surface area contributed by atoms with Crippen LogP contribution in [0.25, 0.3) is 0 Å². The molecule has 0 bridgehead atoms. The van der Waals surface area contributed by atoms with Gasteiger partial charge in [-0.25, -0.2) is 4.39 Å². The SMILES string of the molecule is CC(C)(C(=O)N1CCC[C@H]1c1ccc(C(=O)N2CCOCC2)cn1)c1ccc(F)cc1. The molecule has 3 heterocycles. The Bertz CT molecular complexity index is 938. The molecule has 164 valence electrons. The fourth-order valence-corrected chi connectivity index (χ4v) is 4.34. The normalized spacial score (nSPS) is 19.5. The van der Waals surface area contributed by atoms with Crippen LogP contribution in [0.1, 0.15) is 54.3 Å². The highest BCUT2D eigenvalue weighted by Gasteiger charge is 2.39. The predicted molar refractivity (Wildman–Crippen MR) is 114 cm³/mol. The molecular weight excluding hydrogens is 397 g/mol. The number of halogens is 1. The summed E-state index contributed by atoms with van der Waals surface area (Å²) in [4.78, 5) is 34.3. The lowest BCUT2D eigenvalue weighted by Crippen LogP contribution is -2.43. The van der Waals surface area contributed by atoms with Crippen molar-refractivity contribution in [3.8, 4) is 0 Å². The van der Waals surface area contributed by atoms with Crippen molar-refractivity contribution in [2.24, 2.45) is 0 Å². The molecular formula is C24H28FN3O3. The first-order valence-electron chi connectivity index (χ1n) is 10.8. The van der Waals surface area contributed by atoms with Crippen LogP contribution in [0.5, 0.6) is 0 Å². The highest BCUT2D eigenvalue weighted by Crippen LogP contribution is 2.36. The van der Waals surface area contributed by atoms with Crippen LogP contribution in [-0.2, 0) is 14.9 Å². The highest BCUT2D eigenvalue weighted by molar-refractivity contribution is 5.94. The number of hydrogen-bond donors (Lipinski definition) is 0. The molecule has 2 saturated heterocycles. The summed E-state index contributed by atoms with van der Waals surface area (Å²) in [6.45, 7) is 6.68. The Hall–Kier alpha value is -2.80. The number of carbonyl (C=O) groups excluding carboxylic acids is 2. The average Bonchev–Trinajstić information content (AvgIpc) is 3.29. The van der Waals surface area contributed by atoms with Crippen molar-refractivity contribution in [1.82, 2.24) is 14.8 Å². The van der Waals surface area contributed by atoms with Gasteiger partial charge in [-0.1, -0.05) is 12.1 Å². The van der Waals surface area contributed by atoms with E-state index in [1.807, 2.05) is 24.8 Å². The third-order valence-electron chi connectivity index (χ3n) is 6.29. The van der Waals surface area contributed by atoms with Gasteiger partial charge in [-0.15, -0.1) is 0 Å². The van der Waals surface area contributed by atoms with Gasteiger partial charge in [0.05, 0.1) is 35.9 Å². The minimum Gasteiger partial charge on any atom is -0.378 e. The first kappa shape index (κ1) is 21.4. The number of carbonyl (C=O) groups is 2. The summed E-state index contributed by atoms with van der Waals surface area (Å²) in [6.07, 6.45) is 3.33. The van der Waals surface area contributed by atoms with Gasteiger partial charge in [0.2, 0.25) is 5.91 Å². The third kappa shape index (κ3) is 4.32. The second-order valence-corrected chi connectivity index (χ2v) is 8.66. The first-order valence-corrected chi connectivity index (χ1v) is 10.8. The number of morpholine rings is 1. The molecule has 0 spiro atoms. The number of nitrogens with zero attached hydrogens (tertiary/aromatic N) is 3. The molecule has 2 fully saturated rings. The van der Waals surface area contributed by atoms with Gasteiger partial charge < -0.3 is 14.5 Å². The maximum absolute atomic E-state index is 13.4. The number of benzene rings is 1. The number of rotatable bonds is 4. The minimum absolute atomic E-state index is 0.00289. The third-order valence-corrected chi connectivity index (χ3v) is 6.29. The molecule has 0 N–H and O–H groups in total. The molecule has 2 aromatic rings. The molecule has 1 aromatic carbocycles. The van der Waals surface area contributed by atoms with Crippen LogP contribution < -0.4 is 0 Å². The minimum atomic E-state index is -0.775. The van der Waals surface area contributed by atoms with Gasteiger partial charge in [-0.05, 0) is 56.5 Å². The van der Waals surface area contributed by atoms with Crippen LogP contribution in [0, 0.1) is 5.82 Å². The summed E-state index contributed by atoms with van der Waals surface area (Å²) in [5.74, 6) is -0.363. The van der Waals surface area contributed by atoms with Crippen molar-refractivity contribution in [1.29, 1.82) is 0 Å². The average molecular weight is 426 g/mol. The molecule has 0 unspecified atom stereocenters. The van der Waals surface area contributed by atoms with E-state index in [0.29, 0.717) is 38.4 Å². The van der Waals surface area contributed by atoms with Gasteiger partial charge >= 0.3 is 0 Å². The highest BCUT2D eigenvalue weighted by atomic mass is 19.1. The Morgan fingerprint density at radius 2 is 1.77 bits per heavy atom. The topological polar surface area (TPSA) is 62.7 Å². The van der Waals surface area contributed by atoms with E-state index in [-0.39, 0.29) is 23.7 Å². The van der Waals surface area contributed by atoms with E-state index >= 15 is 0 Å². The van der Waals surface area contributed by atoms with Gasteiger partial charge in [0, 0.05) is 25.8 Å². The van der Waals surface area contributed by atoms with Crippen LogP contribution in [-0.4, -0.2) is 59.4 Å². The van der Waals surface area contributed by atoms with Crippen molar-refractivity contribution in [2.75, 3.05) is 32.8 Å². The largest absolute Gasteiger partial charge is 0.378 e. The molecule has 7 heteroatoms. The van der Waals surface area contributed by atoms with E-state index < -0.39 is 5.41 Å². The fourth-order valence-electron chi connectivity index (χ4n) is 4.34. The summed E-state index contributed by atoms with van der Waals surface area (Å²) >= 11 is 0. The maximum atomic E-state index is 13.4. The number of pyridine rings is 1. The van der Waals surface area contributed by atoms with Crippen molar-refractivity contribution >= 4 is 11.8 Å². The van der Waals surface area contributed by atoms with Gasteiger partial charge in [-0.2, -0.15) is 0 Å². The quantitative estimate of drug-likeness (QED) is 0.754. The molecule has 4 rings (SSSR count). The van der Waals surface area contributed by atoms with E-state index in [0.717, 1.165) is 24.1 Å². The summed E-state index contributed by atoms with van der Waals surface area (Å²) in [5, 5.41) is 0. The summed E-state index contributed by atoms with van der Waals surface area (Å²) in [5.41, 5.74) is 1.35. The number of amides is 2. The molecule has 6 nitrogen and oxygen atoms in total. The van der Waals surface area contributed by atoms with Crippen LogP contribution in [0.15, 0.2) is 42.6 Å². The standard InChI is InChI=1S/C24H28FN3O3/c1-24(2,18-6-8-19(25)9-7-18)23(30)28-11-3-4-21(28)20-10-5-17(16-26-20)22(29)27-12-14-31-15-13-27/h5-10,16,21H,3-4,11-15H2,1-2H3/t21-/m0/s1. The Balaban J connectivity index is 1.50. The monoisotopic (exact) mass is 425 g/mol. The Morgan fingerprint density at radius 3 is 2.42 bits per heavy atom. The zero-order valence-corrected chi connectivity index (χ0v) is 18.0. The summed E-state index contributed by atoms with van der Waals surface area (Å²) in [7, 11) is 0. The Kier molecular flexibility index (Phi) is 6.05. The lowest BCUT2D eigenvalue weighted by Gasteiger charge is -2.33. The molecule has 0 saturated carbocycles. The van der Waals surface area contributed by atoms with Crippen molar-refractivity contribution in [3.63, 3.8) is 0 Å². The fraction of sp³-hybridized carbons (Fsp3) is 0.458. The number of hydrogen-bond acceptors (Lipinski definition) is 4. The number of ether oxygens (including phenoxy) is 1. The summed E-state index contributed by atoms with van der Waals surface area (Å²) in [6, 6.07) is 9.64. The molecule has 1 aromatic heterocycles. The van der Waals surface area contributed by atoms with E-state index in [1.165, 1.54) is 12.1 Å². The zero-order chi connectivity index (χ0) is 22.0. The Morgan fingerprint density at radius 1 is 1.06 bits per heavy atom. The molecule has 0 radical (unpaired) electrons. The van der Waals surface area contributed by atoms with Gasteiger partial charge in [0.15, 0.2) is 0 Å². The van der Waals surface area contributed by atoms with E-state index in [1.54, 1.807) is 29.3 Å². The number of aromatic nitrogens is 1. The smallest absolute Gasteiger partial charge is 0.255 e. The van der Waals surface area contributed by atoms with Gasteiger partial charge in [0.25, 0.3) is 5.91 Å².